The Kier molecular flexibility index (Phi) is 2.88. The van der Waals surface area contributed by atoms with Crippen molar-refractivity contribution >= 4 is 11.6 Å². The van der Waals surface area contributed by atoms with Crippen molar-refractivity contribution in [3.63, 3.8) is 0 Å². The van der Waals surface area contributed by atoms with E-state index < -0.39 is 0 Å². The average Bonchev–Trinajstić information content (AvgIpc) is 2.78. The first-order valence-corrected chi connectivity index (χ1v) is 7.14. The van der Waals surface area contributed by atoms with Crippen molar-refractivity contribution < 1.29 is 9.18 Å². The van der Waals surface area contributed by atoms with Gasteiger partial charge < -0.3 is 4.90 Å². The number of rotatable bonds is 0. The number of carbonyl (C=O) groups is 1. The molecule has 1 amide bonds. The number of hydrogen-bond acceptors (Lipinski definition) is 1. The summed E-state index contributed by atoms with van der Waals surface area (Å²) in [7, 11) is 0. The Morgan fingerprint density at radius 3 is 2.68 bits per heavy atom. The minimum absolute atomic E-state index is 0.0178. The number of carbonyl (C=O) groups excluding carboxylic acids is 1. The summed E-state index contributed by atoms with van der Waals surface area (Å²) in [6.45, 7) is 3.78. The third-order valence-electron chi connectivity index (χ3n) is 4.77. The molecule has 3 heteroatoms. The maximum absolute atomic E-state index is 13.5. The monoisotopic (exact) mass is 261 g/mol. The van der Waals surface area contributed by atoms with Gasteiger partial charge >= 0.3 is 0 Å². The van der Waals surface area contributed by atoms with Crippen molar-refractivity contribution in [1.29, 1.82) is 0 Å². The Labute approximate surface area is 113 Å². The molecule has 1 aromatic rings. The number of nitrogens with zero attached hydrogens (tertiary/aromatic N) is 1. The van der Waals surface area contributed by atoms with Crippen LogP contribution in [0.4, 0.5) is 10.1 Å². The second-order valence-corrected chi connectivity index (χ2v) is 6.09. The van der Waals surface area contributed by atoms with Crippen LogP contribution in [0.5, 0.6) is 0 Å². The van der Waals surface area contributed by atoms with Gasteiger partial charge in [-0.25, -0.2) is 4.39 Å². The van der Waals surface area contributed by atoms with Gasteiger partial charge in [-0.2, -0.15) is 0 Å². The summed E-state index contributed by atoms with van der Waals surface area (Å²) in [5.41, 5.74) is 1.89. The van der Waals surface area contributed by atoms with E-state index in [4.69, 9.17) is 0 Å². The van der Waals surface area contributed by atoms with Crippen LogP contribution in [0.1, 0.15) is 57.4 Å². The molecule has 0 N–H and O–H groups in total. The van der Waals surface area contributed by atoms with Crippen LogP contribution in [0.3, 0.4) is 0 Å². The second kappa shape index (κ2) is 4.32. The topological polar surface area (TPSA) is 20.3 Å². The van der Waals surface area contributed by atoms with Gasteiger partial charge in [-0.1, -0.05) is 19.8 Å². The predicted molar refractivity (Wildman–Crippen MR) is 73.8 cm³/mol. The lowest BCUT2D eigenvalue weighted by atomic mass is 9.77. The first-order chi connectivity index (χ1) is 9.03. The highest BCUT2D eigenvalue weighted by Crippen LogP contribution is 2.50. The van der Waals surface area contributed by atoms with E-state index in [1.165, 1.54) is 18.9 Å². The molecule has 1 aliphatic carbocycles. The molecule has 19 heavy (non-hydrogen) atoms. The second-order valence-electron chi connectivity index (χ2n) is 6.09. The summed E-state index contributed by atoms with van der Waals surface area (Å²) in [5, 5.41) is 0. The van der Waals surface area contributed by atoms with Crippen molar-refractivity contribution in [2.24, 2.45) is 0 Å². The average molecular weight is 261 g/mol. The number of hydrogen-bond donors (Lipinski definition) is 0. The number of amides is 1. The summed E-state index contributed by atoms with van der Waals surface area (Å²) in [4.78, 5) is 14.1. The Morgan fingerprint density at radius 2 is 2.05 bits per heavy atom. The molecule has 1 aromatic carbocycles. The fourth-order valence-corrected chi connectivity index (χ4v) is 4.11. The first kappa shape index (κ1) is 12.6. The van der Waals surface area contributed by atoms with Gasteiger partial charge in [0.05, 0.1) is 0 Å². The quantitative estimate of drug-likeness (QED) is 0.691. The Bertz CT molecular complexity index is 519. The molecule has 2 nitrogen and oxygen atoms in total. The normalized spacial score (nSPS) is 24.6. The molecule has 1 aliphatic heterocycles. The van der Waals surface area contributed by atoms with E-state index in [2.05, 4.69) is 6.92 Å². The molecule has 1 saturated carbocycles. The van der Waals surface area contributed by atoms with Crippen LogP contribution in [0.15, 0.2) is 18.2 Å². The highest BCUT2D eigenvalue weighted by molar-refractivity contribution is 5.94. The van der Waals surface area contributed by atoms with Crippen LogP contribution >= 0.6 is 0 Å². The SMILES string of the molecule is CC(=O)N1c2ccc(F)cc2[C@H](C)CC12CCCC2. The summed E-state index contributed by atoms with van der Waals surface area (Å²) in [6, 6.07) is 4.84. The van der Waals surface area contributed by atoms with Crippen molar-refractivity contribution in [3.8, 4) is 0 Å². The fraction of sp³-hybridized carbons (Fsp3) is 0.562. The van der Waals surface area contributed by atoms with E-state index in [0.717, 1.165) is 30.5 Å². The maximum atomic E-state index is 13.5. The molecule has 1 spiro atoms. The molecule has 102 valence electrons. The van der Waals surface area contributed by atoms with Gasteiger partial charge in [0.1, 0.15) is 5.82 Å². The van der Waals surface area contributed by atoms with E-state index in [0.29, 0.717) is 5.92 Å². The molecule has 1 heterocycles. The largest absolute Gasteiger partial charge is 0.306 e. The van der Waals surface area contributed by atoms with Gasteiger partial charge in [-0.05, 0) is 48.9 Å². The van der Waals surface area contributed by atoms with Crippen LogP contribution in [-0.2, 0) is 4.79 Å². The van der Waals surface area contributed by atoms with Gasteiger partial charge in [-0.15, -0.1) is 0 Å². The van der Waals surface area contributed by atoms with Crippen LogP contribution in [0.2, 0.25) is 0 Å². The van der Waals surface area contributed by atoms with Crippen LogP contribution in [0.25, 0.3) is 0 Å². The fourth-order valence-electron chi connectivity index (χ4n) is 4.11. The minimum Gasteiger partial charge on any atom is -0.306 e. The van der Waals surface area contributed by atoms with Gasteiger partial charge in [0.2, 0.25) is 5.91 Å². The number of fused-ring (bicyclic) bond motifs is 1. The minimum atomic E-state index is -0.212. The van der Waals surface area contributed by atoms with Gasteiger partial charge in [-0.3, -0.25) is 4.79 Å². The van der Waals surface area contributed by atoms with Gasteiger partial charge in [0, 0.05) is 18.2 Å². The van der Waals surface area contributed by atoms with Crippen LogP contribution < -0.4 is 4.90 Å². The first-order valence-electron chi connectivity index (χ1n) is 7.14. The summed E-state index contributed by atoms with van der Waals surface area (Å²) in [6.07, 6.45) is 5.49. The van der Waals surface area contributed by atoms with E-state index >= 15 is 0 Å². The molecular weight excluding hydrogens is 241 g/mol. The van der Waals surface area contributed by atoms with Crippen molar-refractivity contribution in [3.05, 3.63) is 29.6 Å². The third-order valence-corrected chi connectivity index (χ3v) is 4.77. The molecule has 3 rings (SSSR count). The highest BCUT2D eigenvalue weighted by atomic mass is 19.1. The number of anilines is 1. The Morgan fingerprint density at radius 1 is 1.37 bits per heavy atom. The number of halogens is 1. The smallest absolute Gasteiger partial charge is 0.224 e. The Hall–Kier alpha value is -1.38. The van der Waals surface area contributed by atoms with Crippen LogP contribution in [-0.4, -0.2) is 11.4 Å². The zero-order valence-electron chi connectivity index (χ0n) is 11.6. The summed E-state index contributed by atoms with van der Waals surface area (Å²) in [5.74, 6) is 0.192. The van der Waals surface area contributed by atoms with Crippen molar-refractivity contribution in [2.45, 2.75) is 57.4 Å². The van der Waals surface area contributed by atoms with E-state index in [1.807, 2.05) is 4.90 Å². The molecule has 1 fully saturated rings. The lowest BCUT2D eigenvalue weighted by Crippen LogP contribution is -2.53. The van der Waals surface area contributed by atoms with Crippen LogP contribution in [0, 0.1) is 5.82 Å². The number of benzene rings is 1. The lowest BCUT2D eigenvalue weighted by molar-refractivity contribution is -0.118. The zero-order chi connectivity index (χ0) is 13.6. The van der Waals surface area contributed by atoms with Gasteiger partial charge in [0.25, 0.3) is 0 Å². The molecule has 0 bridgehead atoms. The molecule has 0 radical (unpaired) electrons. The van der Waals surface area contributed by atoms with Crippen molar-refractivity contribution in [2.75, 3.05) is 4.90 Å². The lowest BCUT2D eigenvalue weighted by Gasteiger charge is -2.47. The van der Waals surface area contributed by atoms with E-state index in [9.17, 15) is 9.18 Å². The highest BCUT2D eigenvalue weighted by Gasteiger charge is 2.46. The standard InChI is InChI=1S/C16H20FNO/c1-11-10-16(7-3-4-8-16)18(12(2)19)15-6-5-13(17)9-14(11)15/h5-6,9,11H,3-4,7-8,10H2,1-2H3/t11-/m1/s1. The molecular formula is C16H20FNO. The third kappa shape index (κ3) is 1.87. The van der Waals surface area contributed by atoms with E-state index in [-0.39, 0.29) is 17.3 Å². The molecule has 1 atom stereocenters. The predicted octanol–water partition coefficient (Wildman–Crippen LogP) is 4.00. The van der Waals surface area contributed by atoms with Gasteiger partial charge in [0.15, 0.2) is 0 Å². The Balaban J connectivity index is 2.15. The maximum Gasteiger partial charge on any atom is 0.224 e. The molecule has 0 saturated heterocycles. The molecule has 0 unspecified atom stereocenters. The molecule has 2 aliphatic rings. The van der Waals surface area contributed by atoms with Crippen molar-refractivity contribution in [1.82, 2.24) is 0 Å². The zero-order valence-corrected chi connectivity index (χ0v) is 11.6. The van der Waals surface area contributed by atoms with E-state index in [1.54, 1.807) is 19.1 Å². The summed E-state index contributed by atoms with van der Waals surface area (Å²) >= 11 is 0. The molecule has 0 aromatic heterocycles. The summed E-state index contributed by atoms with van der Waals surface area (Å²) < 4.78 is 13.5.